The lowest BCUT2D eigenvalue weighted by Crippen LogP contribution is -2.36. The number of hydrogen-bond acceptors (Lipinski definition) is 3. The molecule has 0 aliphatic heterocycles. The predicted molar refractivity (Wildman–Crippen MR) is 133 cm³/mol. The SMILES string of the molecule is CN=C(NCc1ccc(C(=O)N(C)C)cc1)NCc1cccc(COCc2ccccc2)c1. The monoisotopic (exact) mass is 444 g/mol. The Balaban J connectivity index is 1.45. The largest absolute Gasteiger partial charge is 0.372 e. The van der Waals surface area contributed by atoms with E-state index in [9.17, 15) is 4.79 Å². The van der Waals surface area contributed by atoms with Gasteiger partial charge in [0, 0.05) is 39.8 Å². The minimum Gasteiger partial charge on any atom is -0.372 e. The minimum absolute atomic E-state index is 0.000295. The highest BCUT2D eigenvalue weighted by atomic mass is 16.5. The Hall–Kier alpha value is -3.64. The maximum Gasteiger partial charge on any atom is 0.253 e. The Morgan fingerprint density at radius 3 is 2.06 bits per heavy atom. The number of carbonyl (C=O) groups excluding carboxylic acids is 1. The van der Waals surface area contributed by atoms with Crippen molar-refractivity contribution in [3.63, 3.8) is 0 Å². The summed E-state index contributed by atoms with van der Waals surface area (Å²) >= 11 is 0. The van der Waals surface area contributed by atoms with Crippen LogP contribution >= 0.6 is 0 Å². The number of rotatable bonds is 9. The number of aliphatic imine (C=N–C) groups is 1. The number of amides is 1. The van der Waals surface area contributed by atoms with Gasteiger partial charge in [0.2, 0.25) is 0 Å². The summed E-state index contributed by atoms with van der Waals surface area (Å²) in [6.45, 7) is 2.44. The average molecular weight is 445 g/mol. The van der Waals surface area contributed by atoms with E-state index in [2.05, 4.69) is 46.0 Å². The molecule has 0 aromatic heterocycles. The number of benzene rings is 3. The van der Waals surface area contributed by atoms with Crippen molar-refractivity contribution in [1.82, 2.24) is 15.5 Å². The zero-order chi connectivity index (χ0) is 23.5. The Morgan fingerprint density at radius 1 is 0.788 bits per heavy atom. The molecule has 6 nitrogen and oxygen atoms in total. The molecule has 0 saturated carbocycles. The van der Waals surface area contributed by atoms with Crippen molar-refractivity contribution in [2.24, 2.45) is 4.99 Å². The summed E-state index contributed by atoms with van der Waals surface area (Å²) in [5.74, 6) is 0.717. The number of ether oxygens (including phenoxy) is 1. The van der Waals surface area contributed by atoms with Gasteiger partial charge in [0.05, 0.1) is 13.2 Å². The number of nitrogens with zero attached hydrogens (tertiary/aromatic N) is 2. The average Bonchev–Trinajstić information content (AvgIpc) is 2.85. The summed E-state index contributed by atoms with van der Waals surface area (Å²) < 4.78 is 5.85. The van der Waals surface area contributed by atoms with Gasteiger partial charge in [-0.05, 0) is 34.4 Å². The van der Waals surface area contributed by atoms with Crippen LogP contribution in [0.4, 0.5) is 0 Å². The van der Waals surface area contributed by atoms with Crippen molar-refractivity contribution in [1.29, 1.82) is 0 Å². The summed E-state index contributed by atoms with van der Waals surface area (Å²) in [4.78, 5) is 17.9. The second-order valence-corrected chi connectivity index (χ2v) is 7.97. The second-order valence-electron chi connectivity index (χ2n) is 7.97. The first-order valence-electron chi connectivity index (χ1n) is 11.0. The zero-order valence-corrected chi connectivity index (χ0v) is 19.5. The van der Waals surface area contributed by atoms with Crippen molar-refractivity contribution < 1.29 is 9.53 Å². The zero-order valence-electron chi connectivity index (χ0n) is 19.5. The van der Waals surface area contributed by atoms with Gasteiger partial charge in [0.25, 0.3) is 5.91 Å². The third kappa shape index (κ3) is 7.77. The Bertz CT molecular complexity index is 1050. The first-order valence-corrected chi connectivity index (χ1v) is 11.0. The molecular formula is C27H32N4O2. The van der Waals surface area contributed by atoms with Gasteiger partial charge in [-0.1, -0.05) is 66.7 Å². The molecule has 0 atom stereocenters. The topological polar surface area (TPSA) is 66.0 Å². The molecule has 33 heavy (non-hydrogen) atoms. The lowest BCUT2D eigenvalue weighted by Gasteiger charge is -2.14. The van der Waals surface area contributed by atoms with Crippen LogP contribution in [0.3, 0.4) is 0 Å². The highest BCUT2D eigenvalue weighted by Crippen LogP contribution is 2.09. The lowest BCUT2D eigenvalue weighted by molar-refractivity contribution is 0.0827. The minimum atomic E-state index is -0.000295. The smallest absolute Gasteiger partial charge is 0.253 e. The number of guanidine groups is 1. The van der Waals surface area contributed by atoms with Crippen LogP contribution in [0.15, 0.2) is 83.9 Å². The Kier molecular flexibility index (Phi) is 9.03. The van der Waals surface area contributed by atoms with Crippen LogP contribution in [0, 0.1) is 0 Å². The first kappa shape index (κ1) is 24.0. The number of nitrogens with one attached hydrogen (secondary N) is 2. The molecule has 3 rings (SSSR count). The van der Waals surface area contributed by atoms with Gasteiger partial charge in [-0.2, -0.15) is 0 Å². The molecule has 0 spiro atoms. The van der Waals surface area contributed by atoms with Gasteiger partial charge in [-0.15, -0.1) is 0 Å². The van der Waals surface area contributed by atoms with Crippen LogP contribution in [0.5, 0.6) is 0 Å². The fraction of sp³-hybridized carbons (Fsp3) is 0.259. The quantitative estimate of drug-likeness (QED) is 0.387. The molecule has 2 N–H and O–H groups in total. The van der Waals surface area contributed by atoms with Crippen LogP contribution in [-0.2, 0) is 31.0 Å². The molecule has 0 aliphatic carbocycles. The highest BCUT2D eigenvalue weighted by Gasteiger charge is 2.07. The van der Waals surface area contributed by atoms with E-state index >= 15 is 0 Å². The molecule has 0 radical (unpaired) electrons. The molecule has 3 aromatic rings. The van der Waals surface area contributed by atoms with Crippen LogP contribution < -0.4 is 10.6 Å². The molecule has 0 bridgehead atoms. The van der Waals surface area contributed by atoms with E-state index < -0.39 is 0 Å². The van der Waals surface area contributed by atoms with Crippen LogP contribution in [-0.4, -0.2) is 37.9 Å². The van der Waals surface area contributed by atoms with E-state index in [0.717, 1.165) is 16.7 Å². The van der Waals surface area contributed by atoms with E-state index in [1.165, 1.54) is 5.56 Å². The summed E-state index contributed by atoms with van der Waals surface area (Å²) in [6, 6.07) is 26.1. The normalized spacial score (nSPS) is 11.2. The van der Waals surface area contributed by atoms with E-state index in [4.69, 9.17) is 4.74 Å². The van der Waals surface area contributed by atoms with E-state index in [1.54, 1.807) is 26.0 Å². The van der Waals surface area contributed by atoms with Gasteiger partial charge in [-0.3, -0.25) is 9.79 Å². The van der Waals surface area contributed by atoms with E-state index in [-0.39, 0.29) is 5.91 Å². The van der Waals surface area contributed by atoms with Crippen molar-refractivity contribution >= 4 is 11.9 Å². The van der Waals surface area contributed by atoms with Crippen molar-refractivity contribution in [2.45, 2.75) is 26.3 Å². The van der Waals surface area contributed by atoms with Crippen molar-refractivity contribution in [2.75, 3.05) is 21.1 Å². The van der Waals surface area contributed by atoms with Gasteiger partial charge in [0.15, 0.2) is 5.96 Å². The fourth-order valence-electron chi connectivity index (χ4n) is 3.31. The molecule has 6 heteroatoms. The molecule has 3 aromatic carbocycles. The molecule has 0 saturated heterocycles. The molecule has 0 unspecified atom stereocenters. The summed E-state index contributed by atoms with van der Waals surface area (Å²) in [5.41, 5.74) is 5.22. The first-order chi connectivity index (χ1) is 16.0. The molecule has 0 aliphatic rings. The fourth-order valence-corrected chi connectivity index (χ4v) is 3.31. The van der Waals surface area contributed by atoms with Crippen LogP contribution in [0.1, 0.15) is 32.6 Å². The van der Waals surface area contributed by atoms with Gasteiger partial charge in [0.1, 0.15) is 0 Å². The molecule has 172 valence electrons. The van der Waals surface area contributed by atoms with Gasteiger partial charge < -0.3 is 20.3 Å². The summed E-state index contributed by atoms with van der Waals surface area (Å²) in [5, 5.41) is 6.66. The van der Waals surface area contributed by atoms with E-state index in [0.29, 0.717) is 37.8 Å². The molecule has 1 amide bonds. The maximum atomic E-state index is 12.0. The van der Waals surface area contributed by atoms with Crippen LogP contribution in [0.2, 0.25) is 0 Å². The standard InChI is InChI=1S/C27H32N4O2/c1-28-27(29-17-21-12-14-25(15-13-21)26(32)31(2)3)30-18-23-10-7-11-24(16-23)20-33-19-22-8-5-4-6-9-22/h4-16H,17-20H2,1-3H3,(H2,28,29,30). The van der Waals surface area contributed by atoms with E-state index in [1.807, 2.05) is 48.5 Å². The van der Waals surface area contributed by atoms with Gasteiger partial charge >= 0.3 is 0 Å². The summed E-state index contributed by atoms with van der Waals surface area (Å²) in [7, 11) is 5.25. The lowest BCUT2D eigenvalue weighted by atomic mass is 10.1. The molecular weight excluding hydrogens is 412 g/mol. The number of carbonyl (C=O) groups is 1. The predicted octanol–water partition coefficient (Wildman–Crippen LogP) is 3.97. The highest BCUT2D eigenvalue weighted by molar-refractivity contribution is 5.93. The van der Waals surface area contributed by atoms with Crippen molar-refractivity contribution in [3.8, 4) is 0 Å². The number of hydrogen-bond donors (Lipinski definition) is 2. The Morgan fingerprint density at radius 2 is 1.39 bits per heavy atom. The van der Waals surface area contributed by atoms with Crippen LogP contribution in [0.25, 0.3) is 0 Å². The summed E-state index contributed by atoms with van der Waals surface area (Å²) in [6.07, 6.45) is 0. The van der Waals surface area contributed by atoms with Crippen molar-refractivity contribution in [3.05, 3.63) is 107 Å². The molecule has 0 heterocycles. The second kappa shape index (κ2) is 12.4. The third-order valence-corrected chi connectivity index (χ3v) is 5.12. The van der Waals surface area contributed by atoms with Gasteiger partial charge in [-0.25, -0.2) is 0 Å². The Labute approximate surface area is 196 Å². The maximum absolute atomic E-state index is 12.0. The third-order valence-electron chi connectivity index (χ3n) is 5.12. The molecule has 0 fully saturated rings.